The van der Waals surface area contributed by atoms with Gasteiger partial charge in [-0.15, -0.1) is 0 Å². The van der Waals surface area contributed by atoms with Crippen LogP contribution in [0, 0.1) is 23.7 Å². The quantitative estimate of drug-likeness (QED) is 0.0549. The van der Waals surface area contributed by atoms with Crippen molar-refractivity contribution in [2.75, 3.05) is 0 Å². The first-order valence-corrected chi connectivity index (χ1v) is 31.5. The fourth-order valence-corrected chi connectivity index (χ4v) is 16.1. The van der Waals surface area contributed by atoms with E-state index in [0.29, 0.717) is 51.4 Å². The van der Waals surface area contributed by atoms with Gasteiger partial charge in [-0.25, -0.2) is 19.2 Å². The molecule has 5 aromatic carbocycles. The molecule has 0 bridgehead atoms. The minimum absolute atomic E-state index is 0.198. The van der Waals surface area contributed by atoms with E-state index in [1.807, 2.05) is 72.8 Å². The second-order valence-corrected chi connectivity index (χ2v) is 30.6. The lowest BCUT2D eigenvalue weighted by Gasteiger charge is -2.52. The highest BCUT2D eigenvalue weighted by molar-refractivity contribution is 6.10. The summed E-state index contributed by atoms with van der Waals surface area (Å²) < 4.78 is 27.4. The number of ether oxygens (including phenoxy) is 4. The molecule has 12 heteroatoms. The number of nitrogens with one attached hydrogen (secondary N) is 4. The van der Waals surface area contributed by atoms with Crippen LogP contribution in [-0.4, -0.2) is 92.6 Å². The average molecular weight is 1170 g/mol. The number of carbonyl (C=O) groups is 4. The first kappa shape index (κ1) is 64.3. The number of hydrogen-bond acceptors (Lipinski definition) is 12. The van der Waals surface area contributed by atoms with E-state index in [0.717, 1.165) is 22.3 Å². The Labute approximate surface area is 513 Å². The van der Waals surface area contributed by atoms with Gasteiger partial charge in [0.2, 0.25) is 0 Å². The van der Waals surface area contributed by atoms with Crippen LogP contribution in [0.2, 0.25) is 0 Å². The Bertz CT molecular complexity index is 2780. The summed E-state index contributed by atoms with van der Waals surface area (Å²) in [5, 5.41) is 15.3. The Hall–Kier alpha value is -6.18. The minimum Gasteiger partial charge on any atom is -0.458 e. The molecule has 4 saturated heterocycles. The Morgan fingerprint density at radius 3 is 0.663 bits per heavy atom. The molecule has 4 fully saturated rings. The molecule has 0 radical (unpaired) electrons. The summed E-state index contributed by atoms with van der Waals surface area (Å²) in [6.07, 6.45) is 1.61. The van der Waals surface area contributed by atoms with E-state index in [9.17, 15) is 0 Å². The summed E-state index contributed by atoms with van der Waals surface area (Å²) in [5.74, 6) is -4.13. The van der Waals surface area contributed by atoms with Crippen LogP contribution < -0.4 is 21.3 Å². The van der Waals surface area contributed by atoms with Gasteiger partial charge in [0.05, 0.1) is 22.3 Å². The highest BCUT2D eigenvalue weighted by Crippen LogP contribution is 2.44. The summed E-state index contributed by atoms with van der Waals surface area (Å²) in [5.41, 5.74) is -0.350. The standard InChI is InChI=1S/C74H98N4O8/c1-67(2)43-59(55(71(9,10)75-67)37-47-29-21-17-22-30-47)83-63(79)51-41-53(65(81)85-61-45-69(5,6)77-73(13,14)57(61)39-49-33-25-19-26-34-49)54(66(82)86-62-46-70(7,8)78-74(15,16)58(62)40-50-35-27-20-28-36-50)42-52(51)64(80)84-60-44-68(3,4)76-72(11,12)56(60)38-48-31-23-18-24-32-48/h17-36,41-42,55-62,75-78H,37-40,43-46H2,1-16H3. The van der Waals surface area contributed by atoms with Gasteiger partial charge in [0.1, 0.15) is 24.4 Å². The molecule has 4 heterocycles. The van der Waals surface area contributed by atoms with Crippen molar-refractivity contribution >= 4 is 23.9 Å². The monoisotopic (exact) mass is 1170 g/mol. The fourth-order valence-electron chi connectivity index (χ4n) is 16.1. The Kier molecular flexibility index (Phi) is 18.3. The van der Waals surface area contributed by atoms with Gasteiger partial charge in [-0.3, -0.25) is 0 Å². The third kappa shape index (κ3) is 15.2. The highest BCUT2D eigenvalue weighted by Gasteiger charge is 2.52. The average Bonchev–Trinajstić information content (AvgIpc) is 0.833. The lowest BCUT2D eigenvalue weighted by molar-refractivity contribution is -0.0483. The molecular weight excluding hydrogens is 1070 g/mol. The van der Waals surface area contributed by atoms with Gasteiger partial charge in [0.25, 0.3) is 0 Å². The lowest BCUT2D eigenvalue weighted by atomic mass is 9.70. The van der Waals surface area contributed by atoms with Gasteiger partial charge in [-0.1, -0.05) is 121 Å². The number of benzene rings is 5. The Morgan fingerprint density at radius 1 is 0.314 bits per heavy atom. The van der Waals surface area contributed by atoms with Crippen molar-refractivity contribution in [3.05, 3.63) is 178 Å². The van der Waals surface area contributed by atoms with Crippen molar-refractivity contribution < 1.29 is 38.1 Å². The number of carbonyl (C=O) groups excluding carboxylic acids is 4. The largest absolute Gasteiger partial charge is 0.458 e. The third-order valence-corrected chi connectivity index (χ3v) is 19.3. The molecule has 0 aliphatic carbocycles. The second-order valence-electron chi connectivity index (χ2n) is 30.6. The molecule has 8 unspecified atom stereocenters. The van der Waals surface area contributed by atoms with Crippen LogP contribution in [0.15, 0.2) is 133 Å². The number of hydrogen-bond donors (Lipinski definition) is 4. The van der Waals surface area contributed by atoms with E-state index >= 15 is 19.2 Å². The van der Waals surface area contributed by atoms with E-state index in [1.165, 1.54) is 12.1 Å². The molecule has 0 aromatic heterocycles. The van der Waals surface area contributed by atoms with Crippen molar-refractivity contribution in [3.63, 3.8) is 0 Å². The third-order valence-electron chi connectivity index (χ3n) is 19.3. The number of esters is 4. The summed E-state index contributed by atoms with van der Waals surface area (Å²) in [6.45, 7) is 33.9. The maximum absolute atomic E-state index is 15.9. The first-order valence-electron chi connectivity index (χ1n) is 31.5. The minimum atomic E-state index is -0.815. The summed E-state index contributed by atoms with van der Waals surface area (Å²) in [7, 11) is 0. The van der Waals surface area contributed by atoms with E-state index in [4.69, 9.17) is 18.9 Å². The van der Waals surface area contributed by atoms with Crippen molar-refractivity contribution in [2.45, 2.75) is 231 Å². The smallest absolute Gasteiger partial charge is 0.339 e. The van der Waals surface area contributed by atoms with Crippen LogP contribution in [0.1, 0.15) is 200 Å². The zero-order valence-electron chi connectivity index (χ0n) is 54.2. The molecule has 0 saturated carbocycles. The zero-order valence-corrected chi connectivity index (χ0v) is 54.2. The van der Waals surface area contributed by atoms with E-state index in [2.05, 4.69) is 181 Å². The molecule has 9 rings (SSSR count). The molecule has 4 N–H and O–H groups in total. The molecular formula is C74H98N4O8. The van der Waals surface area contributed by atoms with Crippen LogP contribution in [0.5, 0.6) is 0 Å². The topological polar surface area (TPSA) is 153 Å². The Balaban J connectivity index is 1.21. The maximum Gasteiger partial charge on any atom is 0.339 e. The molecule has 4 aliphatic heterocycles. The zero-order chi connectivity index (χ0) is 62.4. The van der Waals surface area contributed by atoms with Crippen molar-refractivity contribution in [2.24, 2.45) is 23.7 Å². The molecule has 12 nitrogen and oxygen atoms in total. The van der Waals surface area contributed by atoms with Crippen molar-refractivity contribution in [1.82, 2.24) is 21.3 Å². The summed E-state index contributed by atoms with van der Waals surface area (Å²) in [4.78, 5) is 63.5. The molecule has 5 aromatic rings. The van der Waals surface area contributed by atoms with Gasteiger partial charge in [0.15, 0.2) is 0 Å². The van der Waals surface area contributed by atoms with Crippen LogP contribution in [-0.2, 0) is 44.6 Å². The number of piperidine rings is 4. The summed E-state index contributed by atoms with van der Waals surface area (Å²) in [6, 6.07) is 43.4. The Morgan fingerprint density at radius 2 is 0.488 bits per heavy atom. The molecule has 0 amide bonds. The molecule has 8 atom stereocenters. The molecule has 86 heavy (non-hydrogen) atoms. The van der Waals surface area contributed by atoms with Crippen LogP contribution in [0.25, 0.3) is 0 Å². The van der Waals surface area contributed by atoms with E-state index in [1.54, 1.807) is 0 Å². The maximum atomic E-state index is 15.9. The highest BCUT2D eigenvalue weighted by atomic mass is 16.6. The van der Waals surface area contributed by atoms with Crippen LogP contribution in [0.3, 0.4) is 0 Å². The van der Waals surface area contributed by atoms with Gasteiger partial charge >= 0.3 is 23.9 Å². The second kappa shape index (κ2) is 24.4. The van der Waals surface area contributed by atoms with Gasteiger partial charge in [-0.05, 0) is 171 Å². The van der Waals surface area contributed by atoms with E-state index in [-0.39, 0.29) is 45.9 Å². The molecule has 0 spiro atoms. The normalized spacial score (nSPS) is 27.3. The van der Waals surface area contributed by atoms with Crippen LogP contribution in [0.4, 0.5) is 0 Å². The predicted octanol–water partition coefficient (Wildman–Crippen LogP) is 13.4. The number of rotatable bonds is 16. The fraction of sp³-hybridized carbons (Fsp3) is 0.541. The van der Waals surface area contributed by atoms with Gasteiger partial charge in [-0.2, -0.15) is 0 Å². The van der Waals surface area contributed by atoms with Gasteiger partial charge < -0.3 is 40.2 Å². The van der Waals surface area contributed by atoms with Crippen molar-refractivity contribution in [1.29, 1.82) is 0 Å². The summed E-state index contributed by atoms with van der Waals surface area (Å²) >= 11 is 0. The van der Waals surface area contributed by atoms with Crippen molar-refractivity contribution in [3.8, 4) is 0 Å². The van der Waals surface area contributed by atoms with Gasteiger partial charge in [0, 0.05) is 93.7 Å². The molecule has 4 aliphatic rings. The predicted molar refractivity (Wildman–Crippen MR) is 341 cm³/mol. The van der Waals surface area contributed by atoms with E-state index < -0.39 is 92.6 Å². The molecule has 462 valence electrons. The lowest BCUT2D eigenvalue weighted by Crippen LogP contribution is -2.65. The SMILES string of the molecule is CC1(C)CC(OC(=O)c2cc(C(=O)OC3CC(C)(C)NC(C)(C)C3Cc3ccccc3)c(C(=O)OC3CC(C)(C)NC(C)(C)C3Cc3ccccc3)cc2C(=O)OC2CC(C)(C)NC(C)(C)C2Cc2ccccc2)C(Cc2ccccc2)C(C)(C)N1. The van der Waals surface area contributed by atoms with Crippen LogP contribution >= 0.6 is 0 Å². The first-order chi connectivity index (χ1) is 40.1.